The van der Waals surface area contributed by atoms with Crippen molar-refractivity contribution in [2.45, 2.75) is 51.5 Å². The van der Waals surface area contributed by atoms with Gasteiger partial charge in [0, 0.05) is 28.3 Å². The van der Waals surface area contributed by atoms with Crippen LogP contribution in [0.5, 0.6) is 0 Å². The third kappa shape index (κ3) is 5.12. The summed E-state index contributed by atoms with van der Waals surface area (Å²) < 4.78 is 47.6. The van der Waals surface area contributed by atoms with Crippen molar-refractivity contribution in [1.29, 1.82) is 0 Å². The van der Waals surface area contributed by atoms with E-state index in [0.29, 0.717) is 16.8 Å². The number of carbonyl (C=O) groups excluding carboxylic acids is 1. The quantitative estimate of drug-likeness (QED) is 0.570. The van der Waals surface area contributed by atoms with Gasteiger partial charge in [-0.25, -0.2) is 4.79 Å². The third-order valence-electron chi connectivity index (χ3n) is 4.54. The molecule has 1 N–H and O–H groups in total. The van der Waals surface area contributed by atoms with E-state index in [-0.39, 0.29) is 16.3 Å². The summed E-state index contributed by atoms with van der Waals surface area (Å²) in [5, 5.41) is 6.49. The average molecular weight is 455 g/mol. The smallest absolute Gasteiger partial charge is 0.435 e. The predicted octanol–water partition coefficient (Wildman–Crippen LogP) is 6.58. The first-order valence-corrected chi connectivity index (χ1v) is 9.87. The van der Waals surface area contributed by atoms with E-state index in [2.05, 4.69) is 10.5 Å². The maximum absolute atomic E-state index is 14.1. The lowest BCUT2D eigenvalue weighted by Gasteiger charge is -2.29. The van der Waals surface area contributed by atoms with Crippen molar-refractivity contribution in [3.05, 3.63) is 64.2 Å². The van der Waals surface area contributed by atoms with Crippen molar-refractivity contribution >= 4 is 29.1 Å². The highest BCUT2D eigenvalue weighted by Gasteiger charge is 2.62. The van der Waals surface area contributed by atoms with E-state index in [1.54, 1.807) is 52.0 Å². The molecule has 0 aromatic heterocycles. The monoisotopic (exact) mass is 454 g/mol. The molecule has 166 valence electrons. The molecule has 1 aliphatic heterocycles. The van der Waals surface area contributed by atoms with Crippen LogP contribution in [0.4, 0.5) is 23.7 Å². The fraction of sp³-hybridized carbons (Fsp3) is 0.364. The number of ether oxygens (including phenoxy) is 1. The fourth-order valence-corrected chi connectivity index (χ4v) is 3.52. The molecule has 1 amide bonds. The number of nitrogens with one attached hydrogen (secondary N) is 1. The Morgan fingerprint density at radius 1 is 1.19 bits per heavy atom. The van der Waals surface area contributed by atoms with Crippen LogP contribution in [0.3, 0.4) is 0 Å². The SMILES string of the molecule is Cc1cc(Cl)cc(C2(C(F)(F)F)CC(c3cccc(NC(=O)OC(C)(C)C)c3)=NO2)c1. The molecule has 0 radical (unpaired) electrons. The van der Waals surface area contributed by atoms with E-state index in [9.17, 15) is 18.0 Å². The maximum atomic E-state index is 14.1. The van der Waals surface area contributed by atoms with Crippen LogP contribution >= 0.6 is 11.6 Å². The van der Waals surface area contributed by atoms with Crippen LogP contribution in [-0.2, 0) is 15.2 Å². The van der Waals surface area contributed by atoms with Crippen molar-refractivity contribution < 1.29 is 27.5 Å². The molecule has 0 saturated carbocycles. The van der Waals surface area contributed by atoms with Crippen molar-refractivity contribution in [3.63, 3.8) is 0 Å². The molecule has 0 bridgehead atoms. The molecular formula is C22H22ClF3N2O3. The Morgan fingerprint density at radius 3 is 2.52 bits per heavy atom. The number of carbonyl (C=O) groups is 1. The van der Waals surface area contributed by atoms with Gasteiger partial charge in [-0.3, -0.25) is 5.32 Å². The van der Waals surface area contributed by atoms with Gasteiger partial charge in [-0.2, -0.15) is 13.2 Å². The van der Waals surface area contributed by atoms with Gasteiger partial charge in [0.05, 0.1) is 5.71 Å². The summed E-state index contributed by atoms with van der Waals surface area (Å²) in [4.78, 5) is 17.0. The number of hydrogen-bond donors (Lipinski definition) is 1. The Kier molecular flexibility index (Phi) is 5.97. The molecule has 1 aliphatic rings. The maximum Gasteiger partial charge on any atom is 0.435 e. The zero-order valence-corrected chi connectivity index (χ0v) is 18.2. The lowest BCUT2D eigenvalue weighted by molar-refractivity contribution is -0.275. The van der Waals surface area contributed by atoms with Crippen molar-refractivity contribution in [2.75, 3.05) is 5.32 Å². The molecule has 0 aliphatic carbocycles. The molecule has 2 aromatic rings. The standard InChI is InChI=1S/C22H22ClF3N2O3/c1-13-8-15(11-16(23)9-13)21(22(24,25)26)12-18(28-31-21)14-6-5-7-17(10-14)27-19(29)30-20(2,3)4/h5-11H,12H2,1-4H3,(H,27,29). The lowest BCUT2D eigenvalue weighted by Crippen LogP contribution is -2.42. The first-order chi connectivity index (χ1) is 14.3. The number of nitrogens with zero attached hydrogens (tertiary/aromatic N) is 1. The molecular weight excluding hydrogens is 433 g/mol. The third-order valence-corrected chi connectivity index (χ3v) is 4.75. The largest absolute Gasteiger partial charge is 0.444 e. The molecule has 5 nitrogen and oxygen atoms in total. The van der Waals surface area contributed by atoms with Crippen molar-refractivity contribution in [3.8, 4) is 0 Å². The van der Waals surface area contributed by atoms with Gasteiger partial charge in [0.1, 0.15) is 5.60 Å². The number of aryl methyl sites for hydroxylation is 1. The topological polar surface area (TPSA) is 59.9 Å². The highest BCUT2D eigenvalue weighted by molar-refractivity contribution is 6.30. The first kappa shape index (κ1) is 22.9. The number of oxime groups is 1. The van der Waals surface area contributed by atoms with Crippen LogP contribution in [0.15, 0.2) is 47.6 Å². The molecule has 2 aromatic carbocycles. The van der Waals surface area contributed by atoms with Crippen LogP contribution in [0, 0.1) is 6.92 Å². The van der Waals surface area contributed by atoms with E-state index in [4.69, 9.17) is 21.2 Å². The summed E-state index contributed by atoms with van der Waals surface area (Å²) in [6.07, 6.45) is -5.94. The van der Waals surface area contributed by atoms with Gasteiger partial charge in [-0.15, -0.1) is 0 Å². The van der Waals surface area contributed by atoms with Crippen LogP contribution in [0.2, 0.25) is 5.02 Å². The first-order valence-electron chi connectivity index (χ1n) is 9.49. The number of benzene rings is 2. The minimum atomic E-state index is -4.73. The highest BCUT2D eigenvalue weighted by Crippen LogP contribution is 2.49. The Bertz CT molecular complexity index is 1010. The molecule has 0 fully saturated rings. The number of alkyl halides is 3. The summed E-state index contributed by atoms with van der Waals surface area (Å²) in [6, 6.07) is 10.5. The van der Waals surface area contributed by atoms with E-state index in [1.165, 1.54) is 18.2 Å². The second kappa shape index (κ2) is 8.07. The number of halogens is 4. The van der Waals surface area contributed by atoms with E-state index >= 15 is 0 Å². The molecule has 3 rings (SSSR count). The van der Waals surface area contributed by atoms with Gasteiger partial charge in [0.25, 0.3) is 5.60 Å². The lowest BCUT2D eigenvalue weighted by atomic mass is 9.86. The number of hydrogen-bond acceptors (Lipinski definition) is 4. The second-order valence-electron chi connectivity index (χ2n) is 8.36. The van der Waals surface area contributed by atoms with Crippen LogP contribution in [0.25, 0.3) is 0 Å². The molecule has 9 heteroatoms. The number of rotatable bonds is 3. The highest BCUT2D eigenvalue weighted by atomic mass is 35.5. The normalized spacial score (nSPS) is 18.9. The minimum absolute atomic E-state index is 0.0998. The van der Waals surface area contributed by atoms with Gasteiger partial charge in [-0.05, 0) is 57.5 Å². The molecule has 1 unspecified atom stereocenters. The molecule has 1 heterocycles. The molecule has 31 heavy (non-hydrogen) atoms. The summed E-state index contributed by atoms with van der Waals surface area (Å²) in [6.45, 7) is 6.83. The average Bonchev–Trinajstić information content (AvgIpc) is 3.06. The summed E-state index contributed by atoms with van der Waals surface area (Å²) in [5.41, 5.74) is -2.03. The number of anilines is 1. The Morgan fingerprint density at radius 2 is 1.90 bits per heavy atom. The Balaban J connectivity index is 1.88. The second-order valence-corrected chi connectivity index (χ2v) is 8.79. The number of amides is 1. The van der Waals surface area contributed by atoms with Crippen molar-refractivity contribution in [2.24, 2.45) is 5.16 Å². The van der Waals surface area contributed by atoms with E-state index < -0.39 is 29.9 Å². The van der Waals surface area contributed by atoms with Gasteiger partial charge < -0.3 is 9.57 Å². The Hall–Kier alpha value is -2.74. The van der Waals surface area contributed by atoms with Crippen LogP contribution in [-0.4, -0.2) is 23.6 Å². The Labute approximate surface area is 183 Å². The predicted molar refractivity (Wildman–Crippen MR) is 112 cm³/mol. The fourth-order valence-electron chi connectivity index (χ4n) is 3.23. The van der Waals surface area contributed by atoms with Crippen LogP contribution in [0.1, 0.15) is 43.9 Å². The summed E-state index contributed by atoms with van der Waals surface area (Å²) in [7, 11) is 0. The zero-order chi connectivity index (χ0) is 23.0. The molecule has 0 saturated heterocycles. The molecule has 1 atom stereocenters. The molecule has 0 spiro atoms. The summed E-state index contributed by atoms with van der Waals surface area (Å²) in [5.74, 6) is 0. The zero-order valence-electron chi connectivity index (χ0n) is 17.4. The van der Waals surface area contributed by atoms with E-state index in [1.807, 2.05) is 0 Å². The van der Waals surface area contributed by atoms with Crippen LogP contribution < -0.4 is 5.32 Å². The van der Waals surface area contributed by atoms with Gasteiger partial charge in [-0.1, -0.05) is 35.0 Å². The van der Waals surface area contributed by atoms with Crippen molar-refractivity contribution in [1.82, 2.24) is 0 Å². The van der Waals surface area contributed by atoms with Gasteiger partial charge in [0.15, 0.2) is 0 Å². The van der Waals surface area contributed by atoms with Gasteiger partial charge >= 0.3 is 12.3 Å². The van der Waals surface area contributed by atoms with E-state index in [0.717, 1.165) is 0 Å². The van der Waals surface area contributed by atoms with Gasteiger partial charge in [0.2, 0.25) is 0 Å². The minimum Gasteiger partial charge on any atom is -0.444 e. The summed E-state index contributed by atoms with van der Waals surface area (Å²) >= 11 is 6.00.